The van der Waals surface area contributed by atoms with Crippen LogP contribution >= 0.6 is 0 Å². The SMILES string of the molecule is NC(=NCc1ccc(-n2ccnc2)c(F)c1)N1CCN(c2ncccn2)CC1. The fourth-order valence-corrected chi connectivity index (χ4v) is 3.12. The molecule has 4 rings (SSSR count). The molecule has 3 heterocycles. The molecule has 2 N–H and O–H groups in total. The van der Waals surface area contributed by atoms with Gasteiger partial charge in [0, 0.05) is 51.0 Å². The van der Waals surface area contributed by atoms with Crippen LogP contribution in [0.25, 0.3) is 5.69 Å². The van der Waals surface area contributed by atoms with Gasteiger partial charge in [-0.05, 0) is 23.8 Å². The van der Waals surface area contributed by atoms with Crippen molar-refractivity contribution < 1.29 is 4.39 Å². The van der Waals surface area contributed by atoms with Crippen LogP contribution in [0.3, 0.4) is 0 Å². The van der Waals surface area contributed by atoms with Crippen LogP contribution in [-0.4, -0.2) is 56.6 Å². The summed E-state index contributed by atoms with van der Waals surface area (Å²) in [6, 6.07) is 6.85. The van der Waals surface area contributed by atoms with Crippen molar-refractivity contribution >= 4 is 11.9 Å². The maximum atomic E-state index is 14.3. The van der Waals surface area contributed by atoms with Gasteiger partial charge in [-0.1, -0.05) is 6.07 Å². The number of imidazole rings is 1. The van der Waals surface area contributed by atoms with Gasteiger partial charge in [-0.3, -0.25) is 0 Å². The Morgan fingerprint density at radius 2 is 1.89 bits per heavy atom. The minimum absolute atomic E-state index is 0.319. The van der Waals surface area contributed by atoms with E-state index < -0.39 is 0 Å². The molecule has 0 unspecified atom stereocenters. The number of aromatic nitrogens is 4. The highest BCUT2D eigenvalue weighted by atomic mass is 19.1. The summed E-state index contributed by atoms with van der Waals surface area (Å²) in [6.45, 7) is 3.35. The van der Waals surface area contributed by atoms with Crippen LogP contribution in [0.1, 0.15) is 5.56 Å². The number of hydrogen-bond acceptors (Lipinski definition) is 5. The van der Waals surface area contributed by atoms with Gasteiger partial charge in [-0.15, -0.1) is 0 Å². The first kappa shape index (κ1) is 17.9. The van der Waals surface area contributed by atoms with E-state index in [-0.39, 0.29) is 5.82 Å². The van der Waals surface area contributed by atoms with E-state index in [0.717, 1.165) is 37.7 Å². The molecule has 0 radical (unpaired) electrons. The molecule has 3 aromatic rings. The molecule has 8 nitrogen and oxygen atoms in total. The zero-order valence-electron chi connectivity index (χ0n) is 15.3. The molecule has 0 spiro atoms. The second-order valence-corrected chi connectivity index (χ2v) is 6.45. The maximum absolute atomic E-state index is 14.3. The van der Waals surface area contributed by atoms with E-state index >= 15 is 0 Å². The Morgan fingerprint density at radius 1 is 1.11 bits per heavy atom. The van der Waals surface area contributed by atoms with Gasteiger partial charge in [0.05, 0.1) is 18.6 Å². The number of halogens is 1. The molecule has 1 aliphatic rings. The predicted octanol–water partition coefficient (Wildman–Crippen LogP) is 1.44. The smallest absolute Gasteiger partial charge is 0.225 e. The lowest BCUT2D eigenvalue weighted by Gasteiger charge is -2.35. The summed E-state index contributed by atoms with van der Waals surface area (Å²) in [5.41, 5.74) is 7.37. The van der Waals surface area contributed by atoms with E-state index in [9.17, 15) is 4.39 Å². The molecule has 2 aromatic heterocycles. The van der Waals surface area contributed by atoms with Gasteiger partial charge >= 0.3 is 0 Å². The van der Waals surface area contributed by atoms with Crippen LogP contribution < -0.4 is 10.6 Å². The Kier molecular flexibility index (Phi) is 5.14. The molecular weight excluding hydrogens is 359 g/mol. The highest BCUT2D eigenvalue weighted by molar-refractivity contribution is 5.78. The molecule has 0 atom stereocenters. The molecule has 1 fully saturated rings. The minimum Gasteiger partial charge on any atom is -0.370 e. The van der Waals surface area contributed by atoms with Crippen LogP contribution in [0, 0.1) is 5.82 Å². The van der Waals surface area contributed by atoms with E-state index in [1.165, 1.54) is 6.07 Å². The van der Waals surface area contributed by atoms with Gasteiger partial charge in [-0.25, -0.2) is 24.3 Å². The molecule has 0 amide bonds. The Morgan fingerprint density at radius 3 is 2.57 bits per heavy atom. The number of piperazine rings is 1. The van der Waals surface area contributed by atoms with Gasteiger partial charge in [-0.2, -0.15) is 0 Å². The number of nitrogens with zero attached hydrogens (tertiary/aromatic N) is 7. The first-order chi connectivity index (χ1) is 13.7. The van der Waals surface area contributed by atoms with Crippen molar-refractivity contribution in [3.8, 4) is 5.69 Å². The van der Waals surface area contributed by atoms with Gasteiger partial charge in [0.25, 0.3) is 0 Å². The lowest BCUT2D eigenvalue weighted by molar-refractivity contribution is 0.378. The number of benzene rings is 1. The zero-order chi connectivity index (χ0) is 19.3. The summed E-state index contributed by atoms with van der Waals surface area (Å²) in [5, 5.41) is 0. The summed E-state index contributed by atoms with van der Waals surface area (Å²) in [4.78, 5) is 21.1. The van der Waals surface area contributed by atoms with Crippen LogP contribution in [-0.2, 0) is 6.54 Å². The first-order valence-corrected chi connectivity index (χ1v) is 9.04. The number of guanidine groups is 1. The predicted molar refractivity (Wildman–Crippen MR) is 105 cm³/mol. The monoisotopic (exact) mass is 380 g/mol. The molecule has 1 aliphatic heterocycles. The van der Waals surface area contributed by atoms with Crippen molar-refractivity contribution in [3.05, 3.63) is 66.8 Å². The number of hydrogen-bond donors (Lipinski definition) is 1. The molecule has 1 saturated heterocycles. The average Bonchev–Trinajstić information content (AvgIpc) is 3.27. The third-order valence-electron chi connectivity index (χ3n) is 4.66. The topological polar surface area (TPSA) is 88.5 Å². The molecule has 9 heteroatoms. The summed E-state index contributed by atoms with van der Waals surface area (Å²) < 4.78 is 16.0. The normalized spacial score (nSPS) is 15.1. The Labute approximate surface area is 162 Å². The quantitative estimate of drug-likeness (QED) is 0.544. The van der Waals surface area contributed by atoms with Crippen LogP contribution in [0.4, 0.5) is 10.3 Å². The van der Waals surface area contributed by atoms with E-state index in [0.29, 0.717) is 18.2 Å². The second kappa shape index (κ2) is 8.03. The van der Waals surface area contributed by atoms with E-state index in [1.807, 2.05) is 11.0 Å². The van der Waals surface area contributed by atoms with Crippen molar-refractivity contribution in [2.75, 3.05) is 31.1 Å². The van der Waals surface area contributed by atoms with E-state index in [2.05, 4.69) is 24.8 Å². The first-order valence-electron chi connectivity index (χ1n) is 9.04. The Balaban J connectivity index is 1.36. The van der Waals surface area contributed by atoms with Crippen LogP contribution in [0.15, 0.2) is 60.4 Å². The Bertz CT molecular complexity index is 934. The molecule has 0 aliphatic carbocycles. The lowest BCUT2D eigenvalue weighted by atomic mass is 10.2. The second-order valence-electron chi connectivity index (χ2n) is 6.45. The number of rotatable bonds is 4. The third kappa shape index (κ3) is 3.93. The molecule has 144 valence electrons. The zero-order valence-corrected chi connectivity index (χ0v) is 15.3. The van der Waals surface area contributed by atoms with Crippen molar-refractivity contribution in [2.45, 2.75) is 6.54 Å². The number of nitrogens with two attached hydrogens (primary N) is 1. The standard InChI is InChI=1S/C19H21FN8/c20-16-12-15(2-3-17(16)28-7-6-22-14-28)13-25-18(21)26-8-10-27(11-9-26)19-23-4-1-5-24-19/h1-7,12,14H,8-11,13H2,(H2,21,25). The largest absolute Gasteiger partial charge is 0.370 e. The molecule has 0 saturated carbocycles. The van der Waals surface area contributed by atoms with Crippen molar-refractivity contribution in [1.82, 2.24) is 24.4 Å². The van der Waals surface area contributed by atoms with E-state index in [4.69, 9.17) is 5.73 Å². The molecule has 0 bridgehead atoms. The summed E-state index contributed by atoms with van der Waals surface area (Å²) in [7, 11) is 0. The lowest BCUT2D eigenvalue weighted by Crippen LogP contribution is -2.51. The molecular formula is C19H21FN8. The molecule has 1 aromatic carbocycles. The van der Waals surface area contributed by atoms with Crippen molar-refractivity contribution in [2.24, 2.45) is 10.7 Å². The van der Waals surface area contributed by atoms with Gasteiger partial charge in [0.1, 0.15) is 5.82 Å². The number of anilines is 1. The van der Waals surface area contributed by atoms with Crippen molar-refractivity contribution in [1.29, 1.82) is 0 Å². The van der Waals surface area contributed by atoms with Gasteiger partial charge in [0.2, 0.25) is 5.95 Å². The fraction of sp³-hybridized carbons (Fsp3) is 0.263. The third-order valence-corrected chi connectivity index (χ3v) is 4.66. The average molecular weight is 380 g/mol. The Hall–Kier alpha value is -3.49. The van der Waals surface area contributed by atoms with Crippen LogP contribution in [0.2, 0.25) is 0 Å². The van der Waals surface area contributed by atoms with Crippen molar-refractivity contribution in [3.63, 3.8) is 0 Å². The fourth-order valence-electron chi connectivity index (χ4n) is 3.12. The molecule has 28 heavy (non-hydrogen) atoms. The number of aliphatic imine (C=N–C) groups is 1. The van der Waals surface area contributed by atoms with Gasteiger partial charge in [0.15, 0.2) is 5.96 Å². The van der Waals surface area contributed by atoms with E-state index in [1.54, 1.807) is 47.8 Å². The minimum atomic E-state index is -0.319. The summed E-state index contributed by atoms with van der Waals surface area (Å²) >= 11 is 0. The highest BCUT2D eigenvalue weighted by Crippen LogP contribution is 2.16. The summed E-state index contributed by atoms with van der Waals surface area (Å²) in [5.74, 6) is 0.875. The highest BCUT2D eigenvalue weighted by Gasteiger charge is 2.19. The maximum Gasteiger partial charge on any atom is 0.225 e. The summed E-state index contributed by atoms with van der Waals surface area (Å²) in [6.07, 6.45) is 8.36. The van der Waals surface area contributed by atoms with Gasteiger partial charge < -0.3 is 20.1 Å². The van der Waals surface area contributed by atoms with Crippen LogP contribution in [0.5, 0.6) is 0 Å².